The highest BCUT2D eigenvalue weighted by molar-refractivity contribution is 6.07. The van der Waals surface area contributed by atoms with Crippen LogP contribution in [0.15, 0.2) is 57.3 Å². The Labute approximate surface area is 218 Å². The third-order valence-electron chi connectivity index (χ3n) is 5.46. The van der Waals surface area contributed by atoms with E-state index in [1.54, 1.807) is 38.6 Å². The van der Waals surface area contributed by atoms with Crippen molar-refractivity contribution in [2.75, 3.05) is 17.7 Å². The number of ether oxygens (including phenoxy) is 1. The highest BCUT2D eigenvalue weighted by Crippen LogP contribution is 2.38. The molecule has 2 aromatic rings. The molecule has 1 fully saturated rings. The van der Waals surface area contributed by atoms with E-state index in [2.05, 4.69) is 30.6 Å². The van der Waals surface area contributed by atoms with Gasteiger partial charge in [-0.2, -0.15) is 5.26 Å². The van der Waals surface area contributed by atoms with Gasteiger partial charge < -0.3 is 15.4 Å². The zero-order valence-corrected chi connectivity index (χ0v) is 22.2. The van der Waals surface area contributed by atoms with Crippen LogP contribution < -0.4 is 15.4 Å². The molecule has 9 heteroatoms. The van der Waals surface area contributed by atoms with E-state index < -0.39 is 0 Å². The average Bonchev–Trinajstić information content (AvgIpc) is 3.73. The number of amidine groups is 1. The van der Waals surface area contributed by atoms with E-state index in [1.807, 2.05) is 52.0 Å². The summed E-state index contributed by atoms with van der Waals surface area (Å²) in [6, 6.07) is 9.49. The number of Topliss-reactive ketones (excluding diaryl/α,β-unsaturated/α-hetero) is 1. The lowest BCUT2D eigenvalue weighted by molar-refractivity contribution is 0.0968. The largest absolute Gasteiger partial charge is 0.494 e. The lowest BCUT2D eigenvalue weighted by Crippen LogP contribution is -2.10. The first kappa shape index (κ1) is 27.3. The molecule has 0 atom stereocenters. The maximum absolute atomic E-state index is 13.1. The number of allylic oxidation sites excluding steroid dienone is 1. The summed E-state index contributed by atoms with van der Waals surface area (Å²) in [6.45, 7) is 9.25. The van der Waals surface area contributed by atoms with Gasteiger partial charge in [0.25, 0.3) is 0 Å². The number of para-hydroxylation sites is 1. The number of hydrogen-bond acceptors (Lipinski definition) is 8. The summed E-state index contributed by atoms with van der Waals surface area (Å²) in [6.07, 6.45) is 6.78. The van der Waals surface area contributed by atoms with Crippen molar-refractivity contribution in [3.05, 3.63) is 53.5 Å². The Morgan fingerprint density at radius 1 is 1.24 bits per heavy atom. The molecular weight excluding hydrogens is 466 g/mol. The van der Waals surface area contributed by atoms with E-state index in [1.165, 1.54) is 0 Å². The monoisotopic (exact) mass is 499 g/mol. The lowest BCUT2D eigenvalue weighted by Gasteiger charge is -2.18. The van der Waals surface area contributed by atoms with Crippen LogP contribution >= 0.6 is 0 Å². The number of aromatic nitrogens is 1. The first-order chi connectivity index (χ1) is 17.8. The topological polar surface area (TPSA) is 124 Å². The predicted molar refractivity (Wildman–Crippen MR) is 150 cm³/mol. The van der Waals surface area contributed by atoms with Crippen LogP contribution in [0.4, 0.5) is 17.2 Å². The van der Waals surface area contributed by atoms with E-state index in [4.69, 9.17) is 10.00 Å². The Kier molecular flexibility index (Phi) is 9.27. The number of carbonyl (C=O) groups is 1. The van der Waals surface area contributed by atoms with Crippen LogP contribution in [0.5, 0.6) is 5.75 Å². The van der Waals surface area contributed by atoms with Gasteiger partial charge in [0.05, 0.1) is 29.6 Å². The van der Waals surface area contributed by atoms with Gasteiger partial charge in [0.15, 0.2) is 17.4 Å². The molecule has 2 N–H and O–H groups in total. The molecule has 192 valence electrons. The van der Waals surface area contributed by atoms with E-state index in [9.17, 15) is 4.79 Å². The number of benzene rings is 1. The molecule has 37 heavy (non-hydrogen) atoms. The first-order valence-corrected chi connectivity index (χ1v) is 12.2. The van der Waals surface area contributed by atoms with Crippen molar-refractivity contribution >= 4 is 40.7 Å². The van der Waals surface area contributed by atoms with E-state index in [0.717, 1.165) is 18.4 Å². The predicted octanol–water partition coefficient (Wildman–Crippen LogP) is 5.93. The second kappa shape index (κ2) is 12.6. The number of methoxy groups -OCH3 is 1. The highest BCUT2D eigenvalue weighted by Gasteiger charge is 2.32. The second-order valence-corrected chi connectivity index (χ2v) is 8.81. The molecule has 0 bridgehead atoms. The number of nitriles is 1. The Hall–Kier alpha value is -4.32. The molecule has 0 saturated heterocycles. The van der Waals surface area contributed by atoms with Crippen LogP contribution in [0, 0.1) is 17.2 Å². The number of hydrogen-bond donors (Lipinski definition) is 2. The minimum Gasteiger partial charge on any atom is -0.494 e. The van der Waals surface area contributed by atoms with Gasteiger partial charge in [0.2, 0.25) is 0 Å². The van der Waals surface area contributed by atoms with Gasteiger partial charge in [0.1, 0.15) is 23.4 Å². The van der Waals surface area contributed by atoms with Gasteiger partial charge in [-0.3, -0.25) is 9.79 Å². The van der Waals surface area contributed by atoms with Crippen molar-refractivity contribution in [3.63, 3.8) is 0 Å². The molecule has 1 heterocycles. The number of carbonyl (C=O) groups excluding carboxylic acids is 1. The minimum absolute atomic E-state index is 0.0204. The fourth-order valence-corrected chi connectivity index (χ4v) is 3.61. The molecule has 0 spiro atoms. The zero-order valence-electron chi connectivity index (χ0n) is 22.2. The quantitative estimate of drug-likeness (QED) is 0.237. The van der Waals surface area contributed by atoms with Gasteiger partial charge in [-0.05, 0) is 65.7 Å². The maximum Gasteiger partial charge on any atom is 0.169 e. The van der Waals surface area contributed by atoms with Crippen molar-refractivity contribution in [2.45, 2.75) is 53.5 Å². The van der Waals surface area contributed by atoms with Crippen molar-refractivity contribution in [1.29, 1.82) is 5.26 Å². The summed E-state index contributed by atoms with van der Waals surface area (Å²) in [5, 5.41) is 15.6. The SMILES string of the molecule is CC=NC(=NC(C)C)c1cccc(Nc2cc(NC(=C/C)/N=C(\C)C#N)ncc2C(=O)C2CC2)c1OC. The van der Waals surface area contributed by atoms with E-state index in [-0.39, 0.29) is 17.7 Å². The molecule has 1 aromatic heterocycles. The second-order valence-electron chi connectivity index (χ2n) is 8.81. The molecule has 0 amide bonds. The number of aliphatic imine (C=N–C) groups is 3. The molecule has 1 saturated carbocycles. The van der Waals surface area contributed by atoms with E-state index in [0.29, 0.717) is 45.9 Å². The highest BCUT2D eigenvalue weighted by atomic mass is 16.5. The smallest absolute Gasteiger partial charge is 0.169 e. The molecular formula is C28H33N7O2. The first-order valence-electron chi connectivity index (χ1n) is 12.2. The summed E-state index contributed by atoms with van der Waals surface area (Å²) in [4.78, 5) is 30.9. The standard InChI is InChI=1S/C28H33N7O2/c1-7-24(33-18(5)15-29)35-25-14-23(21(16-31-25)26(36)19-12-13-19)34-22-11-9-10-20(27(22)37-6)28(30-8-2)32-17(3)4/h7-11,14,16-17,19H,12-13H2,1-6H3,(H2,31,34,35)/b24-7+,30-8?,32-28?,33-18+. The third-order valence-corrected chi connectivity index (χ3v) is 5.46. The molecule has 0 unspecified atom stereocenters. The van der Waals surface area contributed by atoms with Gasteiger partial charge in [0, 0.05) is 30.4 Å². The fourth-order valence-electron chi connectivity index (χ4n) is 3.61. The van der Waals surface area contributed by atoms with Gasteiger partial charge in [-0.1, -0.05) is 6.07 Å². The van der Waals surface area contributed by atoms with Crippen molar-refractivity contribution in [2.24, 2.45) is 20.9 Å². The van der Waals surface area contributed by atoms with Crippen LogP contribution in [-0.4, -0.2) is 41.7 Å². The summed E-state index contributed by atoms with van der Waals surface area (Å²) in [5.41, 5.74) is 2.80. The van der Waals surface area contributed by atoms with Crippen molar-refractivity contribution < 1.29 is 9.53 Å². The summed E-state index contributed by atoms with van der Waals surface area (Å²) in [7, 11) is 1.59. The molecule has 1 aromatic carbocycles. The molecule has 1 aliphatic rings. The maximum atomic E-state index is 13.1. The lowest BCUT2D eigenvalue weighted by atomic mass is 10.1. The third kappa shape index (κ3) is 7.10. The molecule has 0 aliphatic heterocycles. The van der Waals surface area contributed by atoms with Crippen molar-refractivity contribution in [3.8, 4) is 11.8 Å². The van der Waals surface area contributed by atoms with Gasteiger partial charge in [-0.15, -0.1) is 0 Å². The van der Waals surface area contributed by atoms with Crippen LogP contribution in [0.2, 0.25) is 0 Å². The number of rotatable bonds is 10. The number of nitrogens with zero attached hydrogens (tertiary/aromatic N) is 5. The van der Waals surface area contributed by atoms with Crippen molar-refractivity contribution in [1.82, 2.24) is 4.98 Å². The van der Waals surface area contributed by atoms with E-state index >= 15 is 0 Å². The fraction of sp³-hybridized carbons (Fsp3) is 0.357. The zero-order chi connectivity index (χ0) is 26.9. The van der Waals surface area contributed by atoms with Crippen LogP contribution in [-0.2, 0) is 0 Å². The van der Waals surface area contributed by atoms with Gasteiger partial charge >= 0.3 is 0 Å². The summed E-state index contributed by atoms with van der Waals surface area (Å²) >= 11 is 0. The number of nitrogens with one attached hydrogen (secondary N) is 2. The minimum atomic E-state index is 0.0204. The molecule has 9 nitrogen and oxygen atoms in total. The Balaban J connectivity index is 2.07. The number of anilines is 3. The summed E-state index contributed by atoms with van der Waals surface area (Å²) in [5.74, 6) is 2.15. The normalized spacial score (nSPS) is 14.6. The van der Waals surface area contributed by atoms with Crippen LogP contribution in [0.3, 0.4) is 0 Å². The molecule has 0 radical (unpaired) electrons. The molecule has 1 aliphatic carbocycles. The van der Waals surface area contributed by atoms with Crippen LogP contribution in [0.1, 0.15) is 63.4 Å². The average molecular weight is 500 g/mol. The Bertz CT molecular complexity index is 1310. The van der Waals surface area contributed by atoms with Crippen LogP contribution in [0.25, 0.3) is 0 Å². The Morgan fingerprint density at radius 2 is 2.00 bits per heavy atom. The van der Waals surface area contributed by atoms with Gasteiger partial charge in [-0.25, -0.2) is 15.0 Å². The number of ketones is 1. The number of pyridine rings is 1. The molecule has 3 rings (SSSR count). The summed E-state index contributed by atoms with van der Waals surface area (Å²) < 4.78 is 5.80. The Morgan fingerprint density at radius 3 is 2.59 bits per heavy atom.